The minimum Gasteiger partial charge on any atom is -0.368 e. The molecule has 3 aliphatic rings. The summed E-state index contributed by atoms with van der Waals surface area (Å²) in [4.78, 5) is 28.0. The Kier molecular flexibility index (Phi) is 5.55. The summed E-state index contributed by atoms with van der Waals surface area (Å²) >= 11 is 0. The number of piperidine rings is 1. The van der Waals surface area contributed by atoms with E-state index < -0.39 is 11.9 Å². The van der Waals surface area contributed by atoms with Crippen LogP contribution in [-0.2, 0) is 11.2 Å². The molecule has 6 nitrogen and oxygen atoms in total. The standard InChI is InChI=1S/C28H33FN4O2/c1-17(27(30)34)32-24-7-2-3-8-25(24)33(28(32)35)19-13-15-31(16-14-19)23-12-9-18-5-4-6-20-22(29)11-10-21(23)26(18)20/h2-3,7-8,10-11,17-19,23H,4-6,9,12-16H2,1H3,(H2,30,34). The van der Waals surface area contributed by atoms with Crippen molar-refractivity contribution < 1.29 is 9.18 Å². The number of likely N-dealkylation sites (tertiary alicyclic amines) is 1. The zero-order valence-electron chi connectivity index (χ0n) is 20.3. The number of carbonyl (C=O) groups excluding carboxylic acids is 1. The number of primary amides is 1. The van der Waals surface area contributed by atoms with Crippen molar-refractivity contribution in [3.63, 3.8) is 0 Å². The van der Waals surface area contributed by atoms with Gasteiger partial charge in [-0.05, 0) is 92.7 Å². The summed E-state index contributed by atoms with van der Waals surface area (Å²) in [6.07, 6.45) is 7.09. The first kappa shape index (κ1) is 22.5. The molecule has 1 aromatic heterocycles. The SMILES string of the molecule is CC(C(N)=O)n1c(=O)n(C2CCN(C3CCC4CCCc5c(F)ccc3c54)CC2)c2ccccc21. The minimum absolute atomic E-state index is 0.0336. The highest BCUT2D eigenvalue weighted by atomic mass is 19.1. The van der Waals surface area contributed by atoms with Crippen molar-refractivity contribution in [2.24, 2.45) is 5.73 Å². The van der Waals surface area contributed by atoms with Crippen LogP contribution in [0.5, 0.6) is 0 Å². The lowest BCUT2D eigenvalue weighted by atomic mass is 9.71. The molecule has 35 heavy (non-hydrogen) atoms. The highest BCUT2D eigenvalue weighted by molar-refractivity contribution is 5.82. The molecule has 6 rings (SSSR count). The summed E-state index contributed by atoms with van der Waals surface area (Å²) in [5.41, 5.74) is 10.6. The van der Waals surface area contributed by atoms with Crippen molar-refractivity contribution in [3.05, 3.63) is 69.4 Å². The van der Waals surface area contributed by atoms with Crippen molar-refractivity contribution in [3.8, 4) is 0 Å². The van der Waals surface area contributed by atoms with E-state index in [1.54, 1.807) is 13.0 Å². The zero-order chi connectivity index (χ0) is 24.3. The number of carbonyl (C=O) groups is 1. The Morgan fingerprint density at radius 1 is 1.03 bits per heavy atom. The molecule has 1 fully saturated rings. The van der Waals surface area contributed by atoms with Crippen LogP contribution in [0.3, 0.4) is 0 Å². The van der Waals surface area contributed by atoms with E-state index in [0.717, 1.165) is 68.2 Å². The van der Waals surface area contributed by atoms with Crippen molar-refractivity contribution in [2.75, 3.05) is 13.1 Å². The largest absolute Gasteiger partial charge is 0.368 e. The number of nitrogens with zero attached hydrogens (tertiary/aromatic N) is 3. The third kappa shape index (κ3) is 3.54. The molecule has 3 aromatic rings. The zero-order valence-corrected chi connectivity index (χ0v) is 20.3. The fraction of sp³-hybridized carbons (Fsp3) is 0.500. The number of aromatic nitrogens is 2. The molecular formula is C28H33FN4O2. The van der Waals surface area contributed by atoms with Crippen LogP contribution in [0, 0.1) is 5.82 Å². The summed E-state index contributed by atoms with van der Waals surface area (Å²) in [6.45, 7) is 3.47. The normalized spacial score (nSPS) is 23.8. The fourth-order valence-corrected chi connectivity index (χ4v) is 7.04. The molecule has 3 atom stereocenters. The van der Waals surface area contributed by atoms with Crippen LogP contribution in [0.25, 0.3) is 11.0 Å². The number of para-hydroxylation sites is 2. The third-order valence-electron chi connectivity index (χ3n) is 8.79. The summed E-state index contributed by atoms with van der Waals surface area (Å²) in [5.74, 6) is -0.0352. The molecule has 0 spiro atoms. The van der Waals surface area contributed by atoms with Gasteiger partial charge in [-0.15, -0.1) is 0 Å². The Bertz CT molecular complexity index is 1350. The van der Waals surface area contributed by atoms with Crippen LogP contribution < -0.4 is 11.4 Å². The average molecular weight is 477 g/mol. The van der Waals surface area contributed by atoms with Gasteiger partial charge in [0.25, 0.3) is 0 Å². The first-order valence-electron chi connectivity index (χ1n) is 13.0. The van der Waals surface area contributed by atoms with Gasteiger partial charge >= 0.3 is 5.69 Å². The van der Waals surface area contributed by atoms with Gasteiger partial charge in [0.2, 0.25) is 5.91 Å². The molecule has 1 saturated heterocycles. The molecule has 2 aromatic carbocycles. The molecule has 0 radical (unpaired) electrons. The lowest BCUT2D eigenvalue weighted by molar-refractivity contribution is -0.120. The van der Waals surface area contributed by atoms with E-state index in [9.17, 15) is 14.0 Å². The Hall–Kier alpha value is -2.93. The predicted octanol–water partition coefficient (Wildman–Crippen LogP) is 4.58. The molecule has 0 bridgehead atoms. The van der Waals surface area contributed by atoms with Gasteiger partial charge in [-0.25, -0.2) is 9.18 Å². The van der Waals surface area contributed by atoms with Crippen molar-refractivity contribution in [2.45, 2.75) is 75.9 Å². The fourth-order valence-electron chi connectivity index (χ4n) is 7.04. The first-order valence-corrected chi connectivity index (χ1v) is 13.0. The van der Waals surface area contributed by atoms with Gasteiger partial charge in [0.05, 0.1) is 11.0 Å². The molecule has 1 amide bonds. The Morgan fingerprint density at radius 2 is 1.77 bits per heavy atom. The number of rotatable bonds is 4. The number of hydrogen-bond acceptors (Lipinski definition) is 3. The highest BCUT2D eigenvalue weighted by Crippen LogP contribution is 2.48. The summed E-state index contributed by atoms with van der Waals surface area (Å²) in [7, 11) is 0. The van der Waals surface area contributed by atoms with Crippen LogP contribution in [-0.4, -0.2) is 33.0 Å². The molecule has 2 N–H and O–H groups in total. The Balaban J connectivity index is 1.28. The Morgan fingerprint density at radius 3 is 2.51 bits per heavy atom. The summed E-state index contributed by atoms with van der Waals surface area (Å²) in [5, 5.41) is 0. The predicted molar refractivity (Wildman–Crippen MR) is 134 cm³/mol. The van der Waals surface area contributed by atoms with E-state index in [2.05, 4.69) is 4.90 Å². The molecule has 2 heterocycles. The van der Waals surface area contributed by atoms with E-state index in [1.807, 2.05) is 34.9 Å². The van der Waals surface area contributed by atoms with Gasteiger partial charge in [0.15, 0.2) is 0 Å². The smallest absolute Gasteiger partial charge is 0.330 e. The van der Waals surface area contributed by atoms with Crippen LogP contribution in [0.2, 0.25) is 0 Å². The van der Waals surface area contributed by atoms with Crippen LogP contribution in [0.1, 0.15) is 86.2 Å². The van der Waals surface area contributed by atoms with Gasteiger partial charge in [-0.1, -0.05) is 18.2 Å². The molecule has 1 aliphatic heterocycles. The lowest BCUT2D eigenvalue weighted by Crippen LogP contribution is -2.41. The number of hydrogen-bond donors (Lipinski definition) is 1. The van der Waals surface area contributed by atoms with E-state index >= 15 is 0 Å². The number of amides is 1. The lowest BCUT2D eigenvalue weighted by Gasteiger charge is -2.43. The molecule has 2 aliphatic carbocycles. The second kappa shape index (κ2) is 8.63. The maximum absolute atomic E-state index is 14.6. The van der Waals surface area contributed by atoms with Crippen LogP contribution >= 0.6 is 0 Å². The van der Waals surface area contributed by atoms with E-state index in [4.69, 9.17) is 5.73 Å². The van der Waals surface area contributed by atoms with Crippen molar-refractivity contribution in [1.29, 1.82) is 0 Å². The quantitative estimate of drug-likeness (QED) is 0.599. The monoisotopic (exact) mass is 476 g/mol. The molecule has 184 valence electrons. The van der Waals surface area contributed by atoms with Gasteiger partial charge in [-0.3, -0.25) is 18.8 Å². The maximum atomic E-state index is 14.6. The molecule has 3 unspecified atom stereocenters. The van der Waals surface area contributed by atoms with Gasteiger partial charge < -0.3 is 5.73 Å². The first-order chi connectivity index (χ1) is 17.0. The molecular weight excluding hydrogens is 443 g/mol. The summed E-state index contributed by atoms with van der Waals surface area (Å²) in [6, 6.07) is 11.1. The minimum atomic E-state index is -0.700. The Labute approximate surface area is 204 Å². The number of imidazole rings is 1. The number of fused-ring (bicyclic) bond motifs is 1. The van der Waals surface area contributed by atoms with Crippen molar-refractivity contribution >= 4 is 16.9 Å². The second-order valence-electron chi connectivity index (χ2n) is 10.6. The third-order valence-corrected chi connectivity index (χ3v) is 8.79. The number of halogens is 1. The van der Waals surface area contributed by atoms with Gasteiger partial charge in [-0.2, -0.15) is 0 Å². The topological polar surface area (TPSA) is 73.3 Å². The van der Waals surface area contributed by atoms with Crippen LogP contribution in [0.15, 0.2) is 41.2 Å². The van der Waals surface area contributed by atoms with E-state index in [-0.39, 0.29) is 17.5 Å². The van der Waals surface area contributed by atoms with Crippen LogP contribution in [0.4, 0.5) is 4.39 Å². The number of nitrogens with two attached hydrogens (primary N) is 1. The molecule has 0 saturated carbocycles. The summed E-state index contributed by atoms with van der Waals surface area (Å²) < 4.78 is 18.0. The van der Waals surface area contributed by atoms with Gasteiger partial charge in [0, 0.05) is 25.2 Å². The van der Waals surface area contributed by atoms with E-state index in [0.29, 0.717) is 12.0 Å². The molecule has 7 heteroatoms. The number of benzene rings is 2. The van der Waals surface area contributed by atoms with Gasteiger partial charge in [0.1, 0.15) is 11.9 Å². The van der Waals surface area contributed by atoms with Crippen molar-refractivity contribution in [1.82, 2.24) is 14.0 Å². The second-order valence-corrected chi connectivity index (χ2v) is 10.6. The van der Waals surface area contributed by atoms with E-state index in [1.165, 1.54) is 22.1 Å². The maximum Gasteiger partial charge on any atom is 0.330 e. The highest BCUT2D eigenvalue weighted by Gasteiger charge is 2.37. The average Bonchev–Trinajstić information content (AvgIpc) is 3.17.